The van der Waals surface area contributed by atoms with Gasteiger partial charge in [0.2, 0.25) is 0 Å². The van der Waals surface area contributed by atoms with E-state index in [1.807, 2.05) is 0 Å². The van der Waals surface area contributed by atoms with Gasteiger partial charge in [0, 0.05) is 12.0 Å². The molecule has 1 fully saturated rings. The zero-order valence-corrected chi connectivity index (χ0v) is 11.5. The summed E-state index contributed by atoms with van der Waals surface area (Å²) in [5.41, 5.74) is 12.1. The van der Waals surface area contributed by atoms with Crippen LogP contribution in [0.1, 0.15) is 54.4 Å². The zero-order chi connectivity index (χ0) is 12.5. The van der Waals surface area contributed by atoms with Crippen LogP contribution in [0.3, 0.4) is 0 Å². The number of aryl methyl sites for hydroxylation is 3. The van der Waals surface area contributed by atoms with Crippen molar-refractivity contribution in [3.8, 4) is 0 Å². The second-order valence-electron chi connectivity index (χ2n) is 5.80. The van der Waals surface area contributed by atoms with Gasteiger partial charge in [-0.15, -0.1) is 0 Å². The lowest BCUT2D eigenvalue weighted by Crippen LogP contribution is -2.37. The minimum atomic E-state index is 0.265. The van der Waals surface area contributed by atoms with Crippen LogP contribution in [0.2, 0.25) is 0 Å². The first-order valence-electron chi connectivity index (χ1n) is 6.87. The Labute approximate surface area is 105 Å². The summed E-state index contributed by atoms with van der Waals surface area (Å²) in [7, 11) is 0. The fraction of sp³-hybridized carbons (Fsp3) is 0.625. The third-order valence-electron chi connectivity index (χ3n) is 4.61. The lowest BCUT2D eigenvalue weighted by molar-refractivity contribution is 0.299. The van der Waals surface area contributed by atoms with E-state index in [9.17, 15) is 0 Å². The summed E-state index contributed by atoms with van der Waals surface area (Å²) in [5.74, 6) is 0. The predicted octanol–water partition coefficient (Wildman–Crippen LogP) is 3.77. The molecule has 0 aliphatic heterocycles. The molecule has 0 aromatic heterocycles. The molecule has 0 saturated heterocycles. The standard InChI is InChI=1S/C16H25N/c1-12-9-14(3)15(10-13(12)2)16(11-17)7-5-4-6-8-16/h9-10H,4-8,11,17H2,1-3H3. The topological polar surface area (TPSA) is 26.0 Å². The van der Waals surface area contributed by atoms with Gasteiger partial charge in [0.1, 0.15) is 0 Å². The lowest BCUT2D eigenvalue weighted by Gasteiger charge is -2.38. The molecular weight excluding hydrogens is 206 g/mol. The van der Waals surface area contributed by atoms with Crippen LogP contribution in [0.4, 0.5) is 0 Å². The SMILES string of the molecule is Cc1cc(C)c(C2(CN)CCCCC2)cc1C. The molecule has 1 heteroatoms. The van der Waals surface area contributed by atoms with Crippen LogP contribution in [0, 0.1) is 20.8 Å². The zero-order valence-electron chi connectivity index (χ0n) is 11.5. The van der Waals surface area contributed by atoms with E-state index >= 15 is 0 Å². The van der Waals surface area contributed by atoms with Crippen molar-refractivity contribution in [2.45, 2.75) is 58.3 Å². The van der Waals surface area contributed by atoms with Gasteiger partial charge in [0.15, 0.2) is 0 Å². The van der Waals surface area contributed by atoms with Crippen molar-refractivity contribution < 1.29 is 0 Å². The highest BCUT2D eigenvalue weighted by molar-refractivity contribution is 5.41. The van der Waals surface area contributed by atoms with Crippen molar-refractivity contribution in [1.82, 2.24) is 0 Å². The van der Waals surface area contributed by atoms with Crippen molar-refractivity contribution in [3.63, 3.8) is 0 Å². The van der Waals surface area contributed by atoms with E-state index in [-0.39, 0.29) is 5.41 Å². The van der Waals surface area contributed by atoms with Crippen LogP contribution >= 0.6 is 0 Å². The van der Waals surface area contributed by atoms with Gasteiger partial charge in [-0.3, -0.25) is 0 Å². The highest BCUT2D eigenvalue weighted by atomic mass is 14.6. The fourth-order valence-corrected chi connectivity index (χ4v) is 3.34. The Morgan fingerprint density at radius 2 is 1.53 bits per heavy atom. The van der Waals surface area contributed by atoms with Crippen LogP contribution in [0.15, 0.2) is 12.1 Å². The van der Waals surface area contributed by atoms with E-state index in [4.69, 9.17) is 5.73 Å². The van der Waals surface area contributed by atoms with Crippen LogP contribution < -0.4 is 5.73 Å². The molecule has 1 saturated carbocycles. The van der Waals surface area contributed by atoms with Gasteiger partial charge in [-0.1, -0.05) is 31.4 Å². The molecule has 94 valence electrons. The summed E-state index contributed by atoms with van der Waals surface area (Å²) in [4.78, 5) is 0. The Kier molecular flexibility index (Phi) is 3.58. The first-order chi connectivity index (χ1) is 8.09. The normalized spacial score (nSPS) is 19.3. The second-order valence-corrected chi connectivity index (χ2v) is 5.80. The summed E-state index contributed by atoms with van der Waals surface area (Å²) in [5, 5.41) is 0. The molecule has 1 aliphatic carbocycles. The molecule has 1 aromatic carbocycles. The number of hydrogen-bond acceptors (Lipinski definition) is 1. The molecule has 1 aromatic rings. The molecule has 17 heavy (non-hydrogen) atoms. The minimum absolute atomic E-state index is 0.265. The molecule has 0 radical (unpaired) electrons. The summed E-state index contributed by atoms with van der Waals surface area (Å²) >= 11 is 0. The number of rotatable bonds is 2. The Hall–Kier alpha value is -0.820. The van der Waals surface area contributed by atoms with Gasteiger partial charge in [-0.05, 0) is 55.9 Å². The Bertz CT molecular complexity index is 400. The number of hydrogen-bond donors (Lipinski definition) is 1. The summed E-state index contributed by atoms with van der Waals surface area (Å²) < 4.78 is 0. The van der Waals surface area contributed by atoms with Crippen LogP contribution in [0.5, 0.6) is 0 Å². The molecule has 1 nitrogen and oxygen atoms in total. The molecule has 0 amide bonds. The van der Waals surface area contributed by atoms with Crippen molar-refractivity contribution in [1.29, 1.82) is 0 Å². The Balaban J connectivity index is 2.46. The van der Waals surface area contributed by atoms with E-state index in [1.165, 1.54) is 54.4 Å². The quantitative estimate of drug-likeness (QED) is 0.823. The molecule has 0 spiro atoms. The first-order valence-corrected chi connectivity index (χ1v) is 6.87. The van der Waals surface area contributed by atoms with E-state index in [1.54, 1.807) is 0 Å². The smallest absolute Gasteiger partial charge is 0.00782 e. The van der Waals surface area contributed by atoms with Crippen LogP contribution in [-0.4, -0.2) is 6.54 Å². The van der Waals surface area contributed by atoms with Gasteiger partial charge in [-0.25, -0.2) is 0 Å². The Morgan fingerprint density at radius 1 is 0.941 bits per heavy atom. The Morgan fingerprint density at radius 3 is 2.12 bits per heavy atom. The number of nitrogens with two attached hydrogens (primary N) is 1. The monoisotopic (exact) mass is 231 g/mol. The average Bonchev–Trinajstić information content (AvgIpc) is 2.34. The molecule has 2 N–H and O–H groups in total. The van der Waals surface area contributed by atoms with Crippen molar-refractivity contribution in [2.24, 2.45) is 5.73 Å². The maximum absolute atomic E-state index is 6.13. The van der Waals surface area contributed by atoms with E-state index < -0.39 is 0 Å². The molecule has 1 aliphatic rings. The van der Waals surface area contributed by atoms with Gasteiger partial charge >= 0.3 is 0 Å². The molecule has 0 unspecified atom stereocenters. The molecule has 0 bridgehead atoms. The summed E-state index contributed by atoms with van der Waals surface area (Å²) in [6.07, 6.45) is 6.60. The third kappa shape index (κ3) is 2.26. The number of benzene rings is 1. The third-order valence-corrected chi connectivity index (χ3v) is 4.61. The molecule has 0 atom stereocenters. The highest BCUT2D eigenvalue weighted by Gasteiger charge is 2.33. The second kappa shape index (κ2) is 4.81. The average molecular weight is 231 g/mol. The van der Waals surface area contributed by atoms with Crippen molar-refractivity contribution in [3.05, 3.63) is 34.4 Å². The van der Waals surface area contributed by atoms with Crippen molar-refractivity contribution in [2.75, 3.05) is 6.54 Å². The van der Waals surface area contributed by atoms with Crippen LogP contribution in [0.25, 0.3) is 0 Å². The lowest BCUT2D eigenvalue weighted by atomic mass is 9.68. The largest absolute Gasteiger partial charge is 0.330 e. The van der Waals surface area contributed by atoms with E-state index in [0.29, 0.717) is 0 Å². The molecule has 2 rings (SSSR count). The van der Waals surface area contributed by atoms with Crippen LogP contribution in [-0.2, 0) is 5.41 Å². The van der Waals surface area contributed by atoms with Gasteiger partial charge in [0.05, 0.1) is 0 Å². The summed E-state index contributed by atoms with van der Waals surface area (Å²) in [6, 6.07) is 4.72. The highest BCUT2D eigenvalue weighted by Crippen LogP contribution is 2.40. The maximum Gasteiger partial charge on any atom is 0.00782 e. The molecule has 0 heterocycles. The summed E-state index contributed by atoms with van der Waals surface area (Å²) in [6.45, 7) is 7.46. The van der Waals surface area contributed by atoms with Gasteiger partial charge in [0.25, 0.3) is 0 Å². The minimum Gasteiger partial charge on any atom is -0.330 e. The van der Waals surface area contributed by atoms with Gasteiger partial charge < -0.3 is 5.73 Å². The van der Waals surface area contributed by atoms with E-state index in [2.05, 4.69) is 32.9 Å². The maximum atomic E-state index is 6.13. The first kappa shape index (κ1) is 12.6. The molecular formula is C16H25N. The van der Waals surface area contributed by atoms with Gasteiger partial charge in [-0.2, -0.15) is 0 Å². The van der Waals surface area contributed by atoms with Crippen molar-refractivity contribution >= 4 is 0 Å². The predicted molar refractivity (Wildman–Crippen MR) is 74.5 cm³/mol. The van der Waals surface area contributed by atoms with E-state index in [0.717, 1.165) is 6.54 Å². The fourth-order valence-electron chi connectivity index (χ4n) is 3.34.